The van der Waals surface area contributed by atoms with E-state index >= 15 is 0 Å². The fourth-order valence-electron chi connectivity index (χ4n) is 2.43. The molecule has 0 N–H and O–H groups in total. The monoisotopic (exact) mass is 336 g/mol. The Hall–Kier alpha value is -1.55. The average molecular weight is 336 g/mol. The van der Waals surface area contributed by atoms with E-state index in [4.69, 9.17) is 4.74 Å². The maximum atomic E-state index is 13.2. The van der Waals surface area contributed by atoms with Gasteiger partial charge in [0.25, 0.3) is 5.92 Å². The van der Waals surface area contributed by atoms with E-state index in [1.54, 1.807) is 12.1 Å². The second kappa shape index (κ2) is 7.82. The van der Waals surface area contributed by atoms with Crippen molar-refractivity contribution in [3.63, 3.8) is 0 Å². The fourth-order valence-corrected chi connectivity index (χ4v) is 2.92. The zero-order valence-electron chi connectivity index (χ0n) is 13.5. The van der Waals surface area contributed by atoms with Gasteiger partial charge in [0.15, 0.2) is 0 Å². The molecule has 0 saturated heterocycles. The average Bonchev–Trinajstić information content (AvgIpc) is 2.52. The van der Waals surface area contributed by atoms with E-state index in [0.29, 0.717) is 18.3 Å². The molecule has 0 aromatic heterocycles. The molecular formula is C19H22F2OS. The highest BCUT2D eigenvalue weighted by Gasteiger charge is 2.23. The molecule has 1 aliphatic carbocycles. The van der Waals surface area contributed by atoms with Gasteiger partial charge in [-0.05, 0) is 53.8 Å². The summed E-state index contributed by atoms with van der Waals surface area (Å²) in [4.78, 5) is 0. The molecule has 1 nitrogen and oxygen atoms in total. The van der Waals surface area contributed by atoms with Gasteiger partial charge in [-0.1, -0.05) is 24.8 Å². The van der Waals surface area contributed by atoms with Crippen molar-refractivity contribution in [2.45, 2.75) is 19.3 Å². The Bertz CT molecular complexity index is 597. The highest BCUT2D eigenvalue weighted by atomic mass is 32.2. The largest absolute Gasteiger partial charge is 0.489 e. The lowest BCUT2D eigenvalue weighted by atomic mass is 9.88. The Balaban J connectivity index is 1.94. The zero-order chi connectivity index (χ0) is 16.9. The molecule has 0 saturated carbocycles. The van der Waals surface area contributed by atoms with Crippen molar-refractivity contribution in [2.24, 2.45) is 5.92 Å². The second-order valence-electron chi connectivity index (χ2n) is 5.69. The minimum absolute atomic E-state index is 0.00814. The standard InChI is InChI=1S/C19H22F2OS/c1-14-15(11-12-23-3)5-4-6-16(14)13-22-18-9-7-17(8-10-18)19(2,20)21/h4-10,15H,1,11-13H2,2-3H3. The first-order chi connectivity index (χ1) is 10.9. The number of benzene rings is 1. The van der Waals surface area contributed by atoms with Crippen LogP contribution in [0.3, 0.4) is 0 Å². The number of rotatable bonds is 7. The van der Waals surface area contributed by atoms with Gasteiger partial charge in [-0.2, -0.15) is 11.8 Å². The van der Waals surface area contributed by atoms with Crippen molar-refractivity contribution in [1.82, 2.24) is 0 Å². The van der Waals surface area contributed by atoms with Crippen LogP contribution < -0.4 is 4.74 Å². The van der Waals surface area contributed by atoms with Crippen LogP contribution in [0.25, 0.3) is 0 Å². The minimum atomic E-state index is -2.83. The van der Waals surface area contributed by atoms with Crippen LogP contribution >= 0.6 is 11.8 Å². The summed E-state index contributed by atoms with van der Waals surface area (Å²) >= 11 is 1.83. The Kier molecular flexibility index (Phi) is 6.05. The van der Waals surface area contributed by atoms with Crippen LogP contribution in [0.2, 0.25) is 0 Å². The van der Waals surface area contributed by atoms with Crippen molar-refractivity contribution in [1.29, 1.82) is 0 Å². The maximum Gasteiger partial charge on any atom is 0.270 e. The number of allylic oxidation sites excluding steroid dienone is 3. The predicted molar refractivity (Wildman–Crippen MR) is 94.4 cm³/mol. The summed E-state index contributed by atoms with van der Waals surface area (Å²) < 4.78 is 32.1. The third-order valence-electron chi connectivity index (χ3n) is 3.89. The van der Waals surface area contributed by atoms with Crippen molar-refractivity contribution in [3.05, 3.63) is 65.8 Å². The molecule has 124 valence electrons. The van der Waals surface area contributed by atoms with Gasteiger partial charge < -0.3 is 4.74 Å². The summed E-state index contributed by atoms with van der Waals surface area (Å²) in [5.74, 6) is -0.794. The molecule has 0 bridgehead atoms. The molecule has 23 heavy (non-hydrogen) atoms. The molecular weight excluding hydrogens is 314 g/mol. The van der Waals surface area contributed by atoms with Gasteiger partial charge in [-0.15, -0.1) is 0 Å². The van der Waals surface area contributed by atoms with E-state index in [2.05, 4.69) is 18.9 Å². The van der Waals surface area contributed by atoms with Crippen LogP contribution in [-0.4, -0.2) is 18.6 Å². The number of ether oxygens (including phenoxy) is 1. The van der Waals surface area contributed by atoms with E-state index in [0.717, 1.165) is 30.2 Å². The predicted octanol–water partition coefficient (Wildman–Crippen LogP) is 5.60. The summed E-state index contributed by atoms with van der Waals surface area (Å²) in [5, 5.41) is 0. The first-order valence-corrected chi connectivity index (χ1v) is 8.98. The molecule has 1 aromatic rings. The summed E-state index contributed by atoms with van der Waals surface area (Å²) in [6.45, 7) is 5.47. The summed E-state index contributed by atoms with van der Waals surface area (Å²) in [5.41, 5.74) is 2.13. The van der Waals surface area contributed by atoms with Gasteiger partial charge in [-0.25, -0.2) is 8.78 Å². The molecule has 0 aliphatic heterocycles. The maximum absolute atomic E-state index is 13.2. The first-order valence-electron chi connectivity index (χ1n) is 7.58. The molecule has 0 heterocycles. The molecule has 0 amide bonds. The Morgan fingerprint density at radius 3 is 2.57 bits per heavy atom. The third-order valence-corrected chi connectivity index (χ3v) is 4.53. The molecule has 1 aliphatic rings. The molecule has 1 atom stereocenters. The van der Waals surface area contributed by atoms with E-state index < -0.39 is 5.92 Å². The Labute approximate surface area is 141 Å². The van der Waals surface area contributed by atoms with E-state index in [-0.39, 0.29) is 5.56 Å². The molecule has 1 unspecified atom stereocenters. The van der Waals surface area contributed by atoms with Crippen molar-refractivity contribution >= 4 is 11.8 Å². The SMILES string of the molecule is C=C1C(COc2ccc(C(C)(F)F)cc2)=CC=CC1CCSC. The van der Waals surface area contributed by atoms with Crippen LogP contribution in [0.5, 0.6) is 5.75 Å². The quantitative estimate of drug-likeness (QED) is 0.641. The lowest BCUT2D eigenvalue weighted by Gasteiger charge is -2.22. The van der Waals surface area contributed by atoms with Crippen molar-refractivity contribution in [3.8, 4) is 5.75 Å². The summed E-state index contributed by atoms with van der Waals surface area (Å²) in [6.07, 6.45) is 9.37. The highest BCUT2D eigenvalue weighted by Crippen LogP contribution is 2.30. The molecule has 4 heteroatoms. The lowest BCUT2D eigenvalue weighted by molar-refractivity contribution is 0.0174. The van der Waals surface area contributed by atoms with Crippen LogP contribution in [0.4, 0.5) is 8.78 Å². The number of hydrogen-bond acceptors (Lipinski definition) is 2. The third kappa shape index (κ3) is 4.96. The van der Waals surface area contributed by atoms with Gasteiger partial charge in [0.05, 0.1) is 0 Å². The number of halogens is 2. The van der Waals surface area contributed by atoms with E-state index in [9.17, 15) is 8.78 Å². The van der Waals surface area contributed by atoms with E-state index in [1.807, 2.05) is 23.9 Å². The van der Waals surface area contributed by atoms with Gasteiger partial charge >= 0.3 is 0 Å². The topological polar surface area (TPSA) is 9.23 Å². The van der Waals surface area contributed by atoms with Gasteiger partial charge in [0, 0.05) is 18.4 Å². The van der Waals surface area contributed by atoms with Crippen molar-refractivity contribution < 1.29 is 13.5 Å². The van der Waals surface area contributed by atoms with Gasteiger partial charge in [0.1, 0.15) is 12.4 Å². The van der Waals surface area contributed by atoms with Crippen LogP contribution in [0, 0.1) is 5.92 Å². The molecule has 0 radical (unpaired) electrons. The highest BCUT2D eigenvalue weighted by molar-refractivity contribution is 7.98. The fraction of sp³-hybridized carbons (Fsp3) is 0.368. The first kappa shape index (κ1) is 17.8. The lowest BCUT2D eigenvalue weighted by Crippen LogP contribution is -2.12. The number of hydrogen-bond donors (Lipinski definition) is 0. The number of alkyl halides is 2. The van der Waals surface area contributed by atoms with E-state index in [1.165, 1.54) is 12.1 Å². The zero-order valence-corrected chi connectivity index (χ0v) is 14.3. The molecule has 0 spiro atoms. The minimum Gasteiger partial charge on any atom is -0.489 e. The molecule has 1 aromatic carbocycles. The molecule has 0 fully saturated rings. The summed E-state index contributed by atoms with van der Waals surface area (Å²) in [7, 11) is 0. The smallest absolute Gasteiger partial charge is 0.270 e. The molecule has 2 rings (SSSR count). The van der Waals surface area contributed by atoms with Gasteiger partial charge in [-0.3, -0.25) is 0 Å². The van der Waals surface area contributed by atoms with Gasteiger partial charge in [0.2, 0.25) is 0 Å². The van der Waals surface area contributed by atoms with Crippen LogP contribution in [0.1, 0.15) is 18.9 Å². The Morgan fingerprint density at radius 1 is 1.26 bits per heavy atom. The van der Waals surface area contributed by atoms with Crippen LogP contribution in [0.15, 0.2) is 60.2 Å². The number of thioether (sulfide) groups is 1. The van der Waals surface area contributed by atoms with Crippen LogP contribution in [-0.2, 0) is 5.92 Å². The normalized spacial score (nSPS) is 18.0. The Morgan fingerprint density at radius 2 is 1.96 bits per heavy atom. The summed E-state index contributed by atoms with van der Waals surface area (Å²) in [6, 6.07) is 5.97. The van der Waals surface area contributed by atoms with Crippen molar-refractivity contribution in [2.75, 3.05) is 18.6 Å². The second-order valence-corrected chi connectivity index (χ2v) is 6.68.